The molecule has 2 fully saturated rings. The zero-order valence-corrected chi connectivity index (χ0v) is 19.7. The number of amides is 2. The predicted molar refractivity (Wildman–Crippen MR) is 129 cm³/mol. The maximum Gasteiger partial charge on any atom is 0.247 e. The standard InChI is InChI=1S/C24H31N5O3S/c1-18(30)29(32)22-9-3-2-6-19(22)8-5-11-27-12-14-28(15-13-27)24(31)21-17-33-23(26-21)20-7-4-10-25-16-20/h2-4,6-7,9-10,16,21,23,26,32H,5,8,11-15,17H2,1H3. The number of rotatable bonds is 7. The molecule has 1 aromatic heterocycles. The second kappa shape index (κ2) is 11.1. The van der Waals surface area contributed by atoms with Crippen LogP contribution in [0.3, 0.4) is 0 Å². The van der Waals surface area contributed by atoms with E-state index < -0.39 is 5.91 Å². The van der Waals surface area contributed by atoms with Crippen molar-refractivity contribution >= 4 is 29.3 Å². The summed E-state index contributed by atoms with van der Waals surface area (Å²) in [7, 11) is 0. The normalized spacial score (nSPS) is 21.2. The van der Waals surface area contributed by atoms with Crippen LogP contribution in [0.4, 0.5) is 5.69 Å². The average Bonchev–Trinajstić information content (AvgIpc) is 3.35. The highest BCUT2D eigenvalue weighted by Gasteiger charge is 2.34. The summed E-state index contributed by atoms with van der Waals surface area (Å²) in [6.45, 7) is 5.46. The number of nitrogens with zero attached hydrogens (tertiary/aromatic N) is 4. The lowest BCUT2D eigenvalue weighted by Crippen LogP contribution is -2.53. The van der Waals surface area contributed by atoms with E-state index in [4.69, 9.17) is 0 Å². The number of piperazine rings is 1. The number of nitrogens with one attached hydrogen (secondary N) is 1. The van der Waals surface area contributed by atoms with Crippen molar-refractivity contribution < 1.29 is 14.8 Å². The molecule has 0 radical (unpaired) electrons. The third-order valence-electron chi connectivity index (χ3n) is 6.19. The van der Waals surface area contributed by atoms with E-state index in [1.807, 2.05) is 41.4 Å². The molecule has 0 spiro atoms. The zero-order chi connectivity index (χ0) is 23.2. The molecule has 2 atom stereocenters. The summed E-state index contributed by atoms with van der Waals surface area (Å²) in [5.41, 5.74) is 2.61. The highest BCUT2D eigenvalue weighted by atomic mass is 32.2. The monoisotopic (exact) mass is 469 g/mol. The Morgan fingerprint density at radius 3 is 2.70 bits per heavy atom. The summed E-state index contributed by atoms with van der Waals surface area (Å²) in [6.07, 6.45) is 5.31. The molecule has 2 amide bonds. The van der Waals surface area contributed by atoms with Crippen LogP contribution in [0.25, 0.3) is 0 Å². The first-order chi connectivity index (χ1) is 16.0. The summed E-state index contributed by atoms with van der Waals surface area (Å²) in [6, 6.07) is 11.3. The molecule has 176 valence electrons. The molecule has 9 heteroatoms. The van der Waals surface area contributed by atoms with Crippen molar-refractivity contribution in [2.75, 3.05) is 43.5 Å². The number of pyridine rings is 1. The fourth-order valence-corrected chi connectivity index (χ4v) is 5.56. The van der Waals surface area contributed by atoms with Crippen molar-refractivity contribution in [2.45, 2.75) is 31.2 Å². The average molecular weight is 470 g/mol. The molecule has 2 unspecified atom stereocenters. The Kier molecular flexibility index (Phi) is 7.97. The van der Waals surface area contributed by atoms with Gasteiger partial charge in [0, 0.05) is 51.2 Å². The van der Waals surface area contributed by atoms with Crippen LogP contribution < -0.4 is 10.4 Å². The third-order valence-corrected chi connectivity index (χ3v) is 7.46. The van der Waals surface area contributed by atoms with Crippen LogP contribution in [0.15, 0.2) is 48.8 Å². The SMILES string of the molecule is CC(=O)N(O)c1ccccc1CCCN1CCN(C(=O)C2CSC(c3cccnc3)N2)CC1. The van der Waals surface area contributed by atoms with Gasteiger partial charge in [-0.05, 0) is 42.6 Å². The number of carbonyl (C=O) groups excluding carboxylic acids is 2. The lowest BCUT2D eigenvalue weighted by atomic mass is 10.1. The predicted octanol–water partition coefficient (Wildman–Crippen LogP) is 2.30. The molecule has 2 N–H and O–H groups in total. The maximum atomic E-state index is 13.0. The van der Waals surface area contributed by atoms with Crippen LogP contribution >= 0.6 is 11.8 Å². The molecule has 33 heavy (non-hydrogen) atoms. The van der Waals surface area contributed by atoms with Crippen molar-refractivity contribution in [3.8, 4) is 0 Å². The molecule has 0 saturated carbocycles. The number of thioether (sulfide) groups is 1. The highest BCUT2D eigenvalue weighted by Crippen LogP contribution is 2.32. The summed E-state index contributed by atoms with van der Waals surface area (Å²) < 4.78 is 0. The van der Waals surface area contributed by atoms with Crippen LogP contribution in [-0.4, -0.2) is 76.3 Å². The Labute approximate surface area is 198 Å². The van der Waals surface area contributed by atoms with Crippen LogP contribution in [0.1, 0.15) is 29.8 Å². The van der Waals surface area contributed by atoms with E-state index in [0.29, 0.717) is 10.8 Å². The number of anilines is 1. The van der Waals surface area contributed by atoms with Gasteiger partial charge < -0.3 is 4.90 Å². The Bertz CT molecular complexity index is 952. The maximum absolute atomic E-state index is 13.0. The van der Waals surface area contributed by atoms with E-state index in [2.05, 4.69) is 15.2 Å². The second-order valence-corrected chi connectivity index (χ2v) is 9.59. The van der Waals surface area contributed by atoms with Gasteiger partial charge in [-0.25, -0.2) is 0 Å². The third kappa shape index (κ3) is 5.92. The van der Waals surface area contributed by atoms with E-state index in [1.54, 1.807) is 24.0 Å². The second-order valence-electron chi connectivity index (χ2n) is 8.45. The van der Waals surface area contributed by atoms with Gasteiger partial charge in [-0.3, -0.25) is 30.0 Å². The van der Waals surface area contributed by atoms with Gasteiger partial charge in [-0.1, -0.05) is 24.3 Å². The van der Waals surface area contributed by atoms with Crippen molar-refractivity contribution in [2.24, 2.45) is 0 Å². The minimum absolute atomic E-state index is 0.120. The van der Waals surface area contributed by atoms with Crippen molar-refractivity contribution in [1.29, 1.82) is 0 Å². The van der Waals surface area contributed by atoms with Gasteiger partial charge in [0.05, 0.1) is 17.1 Å². The van der Waals surface area contributed by atoms with Crippen LogP contribution in [-0.2, 0) is 16.0 Å². The number of carbonyl (C=O) groups is 2. The molecule has 1 aromatic carbocycles. The molecule has 3 heterocycles. The first-order valence-electron chi connectivity index (χ1n) is 11.4. The van der Waals surface area contributed by atoms with Gasteiger partial charge in [-0.2, -0.15) is 5.06 Å². The number of benzene rings is 1. The molecule has 8 nitrogen and oxygen atoms in total. The van der Waals surface area contributed by atoms with Crippen LogP contribution in [0, 0.1) is 0 Å². The largest absolute Gasteiger partial charge is 0.339 e. The van der Waals surface area contributed by atoms with Gasteiger partial charge >= 0.3 is 0 Å². The van der Waals surface area contributed by atoms with Crippen molar-refractivity contribution in [3.63, 3.8) is 0 Å². The van der Waals surface area contributed by atoms with E-state index in [-0.39, 0.29) is 17.3 Å². The molecule has 4 rings (SSSR count). The minimum Gasteiger partial charge on any atom is -0.339 e. The topological polar surface area (TPSA) is 89.0 Å². The quantitative estimate of drug-likeness (QED) is 0.475. The number of hydroxylamine groups is 1. The first kappa shape index (κ1) is 23.7. The molecule has 0 bridgehead atoms. The molecular formula is C24H31N5O3S. The van der Waals surface area contributed by atoms with Gasteiger partial charge in [0.15, 0.2) is 0 Å². The molecular weight excluding hydrogens is 438 g/mol. The van der Waals surface area contributed by atoms with Crippen molar-refractivity contribution in [1.82, 2.24) is 20.1 Å². The lowest BCUT2D eigenvalue weighted by molar-refractivity contribution is -0.134. The minimum atomic E-state index is -0.398. The van der Waals surface area contributed by atoms with Crippen LogP contribution in [0.5, 0.6) is 0 Å². The Balaban J connectivity index is 1.21. The van der Waals surface area contributed by atoms with E-state index in [9.17, 15) is 14.8 Å². The number of aryl methyl sites for hydroxylation is 1. The van der Waals surface area contributed by atoms with E-state index >= 15 is 0 Å². The number of para-hydroxylation sites is 1. The summed E-state index contributed by atoms with van der Waals surface area (Å²) >= 11 is 1.76. The van der Waals surface area contributed by atoms with Crippen molar-refractivity contribution in [3.05, 3.63) is 59.9 Å². The Morgan fingerprint density at radius 1 is 1.18 bits per heavy atom. The highest BCUT2D eigenvalue weighted by molar-refractivity contribution is 7.99. The fourth-order valence-electron chi connectivity index (χ4n) is 4.34. The summed E-state index contributed by atoms with van der Waals surface area (Å²) in [5, 5.41) is 14.3. The van der Waals surface area contributed by atoms with Gasteiger partial charge in [0.25, 0.3) is 0 Å². The number of hydrogen-bond donors (Lipinski definition) is 2. The van der Waals surface area contributed by atoms with Gasteiger partial charge in [-0.15, -0.1) is 11.8 Å². The van der Waals surface area contributed by atoms with E-state index in [1.165, 1.54) is 6.92 Å². The lowest BCUT2D eigenvalue weighted by Gasteiger charge is -2.36. The Hall–Kier alpha value is -2.46. The van der Waals surface area contributed by atoms with Gasteiger partial charge in [0.1, 0.15) is 0 Å². The molecule has 2 aliphatic heterocycles. The van der Waals surface area contributed by atoms with Gasteiger partial charge in [0.2, 0.25) is 11.8 Å². The molecule has 2 saturated heterocycles. The molecule has 0 aliphatic carbocycles. The summed E-state index contributed by atoms with van der Waals surface area (Å²) in [5.74, 6) is 0.569. The zero-order valence-electron chi connectivity index (χ0n) is 18.9. The first-order valence-corrected chi connectivity index (χ1v) is 12.4. The fraction of sp³-hybridized carbons (Fsp3) is 0.458. The molecule has 2 aliphatic rings. The summed E-state index contributed by atoms with van der Waals surface area (Å²) in [4.78, 5) is 33.0. The van der Waals surface area contributed by atoms with E-state index in [0.717, 1.165) is 62.4 Å². The smallest absolute Gasteiger partial charge is 0.247 e. The Morgan fingerprint density at radius 2 is 1.97 bits per heavy atom. The number of aromatic nitrogens is 1. The van der Waals surface area contributed by atoms with Crippen LogP contribution in [0.2, 0.25) is 0 Å². The number of hydrogen-bond acceptors (Lipinski definition) is 7. The molecule has 2 aromatic rings.